The van der Waals surface area contributed by atoms with Crippen molar-refractivity contribution in [2.24, 2.45) is 0 Å². The minimum absolute atomic E-state index is 0.0290. The van der Waals surface area contributed by atoms with Gasteiger partial charge >= 0.3 is 0 Å². The van der Waals surface area contributed by atoms with Gasteiger partial charge < -0.3 is 15.3 Å². The number of allylic oxidation sites excluding steroid dienone is 2. The minimum Gasteiger partial charge on any atom is -0.389 e. The van der Waals surface area contributed by atoms with Gasteiger partial charge in [-0.15, -0.1) is 0 Å². The van der Waals surface area contributed by atoms with Crippen LogP contribution >= 0.6 is 0 Å². The van der Waals surface area contributed by atoms with Crippen molar-refractivity contribution in [3.8, 4) is 0 Å². The second kappa shape index (κ2) is 4.59. The van der Waals surface area contributed by atoms with Crippen LogP contribution < -0.4 is 5.32 Å². The number of aliphatic hydroxyl groups is 1. The lowest BCUT2D eigenvalue weighted by atomic mass is 10.1. The van der Waals surface area contributed by atoms with Gasteiger partial charge in [-0.25, -0.2) is 0 Å². The highest BCUT2D eigenvalue weighted by Gasteiger charge is 2.29. The van der Waals surface area contributed by atoms with Crippen molar-refractivity contribution in [1.82, 2.24) is 10.2 Å². The Labute approximate surface area is 113 Å². The molecule has 0 bridgehead atoms. The zero-order valence-electron chi connectivity index (χ0n) is 11.2. The van der Waals surface area contributed by atoms with Crippen LogP contribution in [0.25, 0.3) is 5.70 Å². The summed E-state index contributed by atoms with van der Waals surface area (Å²) >= 11 is 0. The highest BCUT2D eigenvalue weighted by Crippen LogP contribution is 2.28. The normalized spacial score (nSPS) is 22.5. The van der Waals surface area contributed by atoms with Crippen LogP contribution in [0.3, 0.4) is 0 Å². The molecule has 0 saturated carbocycles. The maximum atomic E-state index is 9.83. The van der Waals surface area contributed by atoms with E-state index in [0.717, 1.165) is 11.3 Å². The van der Waals surface area contributed by atoms with Gasteiger partial charge in [-0.3, -0.25) is 0 Å². The number of hydrogen-bond donors (Lipinski definition) is 2. The van der Waals surface area contributed by atoms with E-state index in [2.05, 4.69) is 47.6 Å². The largest absolute Gasteiger partial charge is 0.389 e. The van der Waals surface area contributed by atoms with E-state index in [0.29, 0.717) is 0 Å². The zero-order valence-corrected chi connectivity index (χ0v) is 11.2. The third kappa shape index (κ3) is 2.17. The Bertz CT molecular complexity index is 567. The molecule has 2 heterocycles. The third-order valence-corrected chi connectivity index (χ3v) is 3.58. The lowest BCUT2D eigenvalue weighted by molar-refractivity contribution is 0.206. The van der Waals surface area contributed by atoms with E-state index in [9.17, 15) is 5.11 Å². The van der Waals surface area contributed by atoms with Crippen LogP contribution in [0.5, 0.6) is 0 Å². The minimum atomic E-state index is -0.448. The number of rotatable bonds is 2. The summed E-state index contributed by atoms with van der Waals surface area (Å²) in [4.78, 5) is 2.09. The van der Waals surface area contributed by atoms with Crippen molar-refractivity contribution in [3.63, 3.8) is 0 Å². The van der Waals surface area contributed by atoms with Gasteiger partial charge in [-0.05, 0) is 25.5 Å². The molecular formula is C16H18N2O. The van der Waals surface area contributed by atoms with Gasteiger partial charge in [0.15, 0.2) is 0 Å². The molecule has 0 amide bonds. The molecule has 3 nitrogen and oxygen atoms in total. The fourth-order valence-electron chi connectivity index (χ4n) is 2.47. The van der Waals surface area contributed by atoms with E-state index < -0.39 is 6.10 Å². The average Bonchev–Trinajstić information content (AvgIpc) is 2.82. The molecule has 2 aliphatic rings. The number of aryl methyl sites for hydroxylation is 1. The van der Waals surface area contributed by atoms with Crippen LogP contribution in [0.1, 0.15) is 18.1 Å². The summed E-state index contributed by atoms with van der Waals surface area (Å²) in [6.07, 6.45) is 7.63. The molecule has 2 aliphatic heterocycles. The molecule has 0 fully saturated rings. The van der Waals surface area contributed by atoms with Crippen LogP contribution in [0.2, 0.25) is 0 Å². The molecule has 3 heteroatoms. The second-order valence-corrected chi connectivity index (χ2v) is 5.09. The molecule has 1 aromatic rings. The lowest BCUT2D eigenvalue weighted by Gasteiger charge is -2.29. The van der Waals surface area contributed by atoms with Crippen LogP contribution in [0.4, 0.5) is 0 Å². The fourth-order valence-corrected chi connectivity index (χ4v) is 2.47. The van der Waals surface area contributed by atoms with Crippen LogP contribution in [0.15, 0.2) is 54.4 Å². The zero-order chi connectivity index (χ0) is 13.4. The summed E-state index contributed by atoms with van der Waals surface area (Å²) in [5.74, 6) is 0. The molecule has 0 aliphatic carbocycles. The van der Waals surface area contributed by atoms with Crippen molar-refractivity contribution in [3.05, 3.63) is 65.5 Å². The van der Waals surface area contributed by atoms with Gasteiger partial charge in [-0.2, -0.15) is 0 Å². The maximum Gasteiger partial charge on any atom is 0.128 e. The molecule has 2 atom stereocenters. The molecule has 0 spiro atoms. The van der Waals surface area contributed by atoms with Crippen LogP contribution in [-0.2, 0) is 0 Å². The summed E-state index contributed by atoms with van der Waals surface area (Å²) in [5.41, 5.74) is 4.49. The van der Waals surface area contributed by atoms with Gasteiger partial charge in [0.05, 0.1) is 11.8 Å². The summed E-state index contributed by atoms with van der Waals surface area (Å²) in [7, 11) is 0. The van der Waals surface area contributed by atoms with Crippen molar-refractivity contribution in [1.29, 1.82) is 0 Å². The summed E-state index contributed by atoms with van der Waals surface area (Å²) in [5, 5.41) is 13.3. The number of aliphatic hydroxyl groups excluding tert-OH is 1. The summed E-state index contributed by atoms with van der Waals surface area (Å²) in [6, 6.07) is 8.44. The molecule has 2 N–H and O–H groups in total. The molecule has 0 unspecified atom stereocenters. The first-order chi connectivity index (χ1) is 9.15. The number of nitrogens with zero attached hydrogens (tertiary/aromatic N) is 1. The van der Waals surface area contributed by atoms with E-state index in [-0.39, 0.29) is 6.17 Å². The fraction of sp³-hybridized carbons (Fsp3) is 0.250. The molecule has 98 valence electrons. The molecule has 3 rings (SSSR count). The average molecular weight is 254 g/mol. The molecule has 0 radical (unpaired) electrons. The van der Waals surface area contributed by atoms with Gasteiger partial charge in [0.2, 0.25) is 0 Å². The number of benzene rings is 1. The van der Waals surface area contributed by atoms with Crippen molar-refractivity contribution in [2.45, 2.75) is 26.1 Å². The van der Waals surface area contributed by atoms with Crippen molar-refractivity contribution >= 4 is 5.70 Å². The van der Waals surface area contributed by atoms with Gasteiger partial charge in [0.25, 0.3) is 0 Å². The lowest BCUT2D eigenvalue weighted by Crippen LogP contribution is -2.39. The first-order valence-corrected chi connectivity index (χ1v) is 6.54. The maximum absolute atomic E-state index is 9.83. The van der Waals surface area contributed by atoms with Gasteiger partial charge in [0, 0.05) is 18.0 Å². The molecular weight excluding hydrogens is 236 g/mol. The molecule has 0 aromatic heterocycles. The quantitative estimate of drug-likeness (QED) is 0.850. The molecule has 1 aromatic carbocycles. The highest BCUT2D eigenvalue weighted by molar-refractivity contribution is 5.67. The van der Waals surface area contributed by atoms with Gasteiger partial charge in [0.1, 0.15) is 6.17 Å². The summed E-state index contributed by atoms with van der Waals surface area (Å²) < 4.78 is 0. The Morgan fingerprint density at radius 3 is 2.68 bits per heavy atom. The Morgan fingerprint density at radius 1 is 1.26 bits per heavy atom. The van der Waals surface area contributed by atoms with E-state index in [1.54, 1.807) is 6.92 Å². The SMILES string of the molecule is Cc1ccc(C2=CN3C=CC=C([C@@H](C)O)[C@H]3N2)cc1. The second-order valence-electron chi connectivity index (χ2n) is 5.09. The number of nitrogens with one attached hydrogen (secondary N) is 1. The monoisotopic (exact) mass is 254 g/mol. The topological polar surface area (TPSA) is 35.5 Å². The summed E-state index contributed by atoms with van der Waals surface area (Å²) in [6.45, 7) is 3.88. The third-order valence-electron chi connectivity index (χ3n) is 3.58. The predicted octanol–water partition coefficient (Wildman–Crippen LogP) is 2.36. The first kappa shape index (κ1) is 12.1. The Morgan fingerprint density at radius 2 is 2.00 bits per heavy atom. The van der Waals surface area contributed by atoms with Crippen molar-refractivity contribution in [2.75, 3.05) is 0 Å². The van der Waals surface area contributed by atoms with E-state index >= 15 is 0 Å². The highest BCUT2D eigenvalue weighted by atomic mass is 16.3. The van der Waals surface area contributed by atoms with E-state index in [4.69, 9.17) is 0 Å². The number of fused-ring (bicyclic) bond motifs is 1. The van der Waals surface area contributed by atoms with Crippen molar-refractivity contribution < 1.29 is 5.11 Å². The van der Waals surface area contributed by atoms with E-state index in [1.165, 1.54) is 11.1 Å². The molecule has 19 heavy (non-hydrogen) atoms. The Balaban J connectivity index is 1.87. The van der Waals surface area contributed by atoms with Crippen LogP contribution in [0, 0.1) is 6.92 Å². The predicted molar refractivity (Wildman–Crippen MR) is 76.8 cm³/mol. The van der Waals surface area contributed by atoms with E-state index in [1.807, 2.05) is 18.4 Å². The Kier molecular flexibility index (Phi) is 2.91. The Hall–Kier alpha value is -2.00. The van der Waals surface area contributed by atoms with Gasteiger partial charge in [-0.1, -0.05) is 35.9 Å². The first-order valence-electron chi connectivity index (χ1n) is 6.54. The van der Waals surface area contributed by atoms with Crippen LogP contribution in [-0.4, -0.2) is 22.3 Å². The smallest absolute Gasteiger partial charge is 0.128 e. The molecule has 0 saturated heterocycles. The standard InChI is InChI=1S/C16H18N2O/c1-11-5-7-13(8-6-11)15-10-18-9-3-4-14(12(2)19)16(18)17-15/h3-10,12,16-17,19H,1-2H3/t12-,16+/m1/s1. The number of hydrogen-bond acceptors (Lipinski definition) is 3.